The van der Waals surface area contributed by atoms with Crippen molar-refractivity contribution >= 4 is 8.58 Å². The van der Waals surface area contributed by atoms with E-state index in [0.717, 1.165) is 11.8 Å². The van der Waals surface area contributed by atoms with Gasteiger partial charge in [-0.15, -0.1) is 8.58 Å². The molecule has 80 valence electrons. The van der Waals surface area contributed by atoms with Crippen LogP contribution in [-0.4, -0.2) is 12.3 Å². The molecule has 1 heteroatoms. The average Bonchev–Trinajstić information content (AvgIpc) is 2.01. The molecule has 0 nitrogen and oxygen atoms in total. The van der Waals surface area contributed by atoms with Crippen molar-refractivity contribution in [3.8, 4) is 0 Å². The zero-order chi connectivity index (χ0) is 10.1. The summed E-state index contributed by atoms with van der Waals surface area (Å²) in [6.45, 7) is 9.29. The van der Waals surface area contributed by atoms with Crippen LogP contribution < -0.4 is 0 Å². The summed E-state index contributed by atoms with van der Waals surface area (Å²) >= 11 is 0. The third kappa shape index (κ3) is 12.4. The summed E-state index contributed by atoms with van der Waals surface area (Å²) in [6, 6.07) is 0. The molecule has 0 aromatic heterocycles. The fraction of sp³-hybridized carbons (Fsp3) is 1.00. The highest BCUT2D eigenvalue weighted by Crippen LogP contribution is 2.18. The highest BCUT2D eigenvalue weighted by atomic mass is 31.1. The van der Waals surface area contributed by atoms with E-state index in [1.54, 1.807) is 0 Å². The minimum absolute atomic E-state index is 0.902. The smallest absolute Gasteiger partial charge is 0.0351 e. The summed E-state index contributed by atoms with van der Waals surface area (Å²) in [6.07, 6.45) is 8.73. The Morgan fingerprint density at radius 2 is 1.38 bits per heavy atom. The molecule has 0 saturated carbocycles. The van der Waals surface area contributed by atoms with E-state index in [2.05, 4.69) is 27.7 Å². The van der Waals surface area contributed by atoms with Crippen LogP contribution in [0.1, 0.15) is 53.4 Å². The third-order valence-electron chi connectivity index (χ3n) is 2.28. The Balaban J connectivity index is 2.92. The first-order valence-corrected chi connectivity index (χ1v) is 7.25. The highest BCUT2D eigenvalue weighted by Gasteiger charge is 1.95. The quantitative estimate of drug-likeness (QED) is 0.400. The predicted molar refractivity (Wildman–Crippen MR) is 66.2 cm³/mol. The summed E-state index contributed by atoms with van der Waals surface area (Å²) < 4.78 is 0. The fourth-order valence-electron chi connectivity index (χ4n) is 1.32. The van der Waals surface area contributed by atoms with Crippen LogP contribution in [0.15, 0.2) is 0 Å². The van der Waals surface area contributed by atoms with Gasteiger partial charge in [-0.3, -0.25) is 0 Å². The van der Waals surface area contributed by atoms with Gasteiger partial charge in [-0.2, -0.15) is 0 Å². The molecule has 0 spiro atoms. The van der Waals surface area contributed by atoms with Crippen LogP contribution in [0.25, 0.3) is 0 Å². The Morgan fingerprint density at radius 3 is 1.92 bits per heavy atom. The van der Waals surface area contributed by atoms with E-state index in [0.29, 0.717) is 0 Å². The van der Waals surface area contributed by atoms with Gasteiger partial charge in [0.1, 0.15) is 0 Å². The van der Waals surface area contributed by atoms with E-state index in [-0.39, 0.29) is 0 Å². The maximum atomic E-state index is 2.32. The molecule has 0 aliphatic heterocycles. The molecule has 0 amide bonds. The van der Waals surface area contributed by atoms with Gasteiger partial charge in [0.2, 0.25) is 0 Å². The van der Waals surface area contributed by atoms with Crippen LogP contribution in [0.3, 0.4) is 0 Å². The van der Waals surface area contributed by atoms with Crippen molar-refractivity contribution in [2.24, 2.45) is 11.8 Å². The zero-order valence-corrected chi connectivity index (χ0v) is 10.9. The van der Waals surface area contributed by atoms with Crippen molar-refractivity contribution in [3.05, 3.63) is 0 Å². The Morgan fingerprint density at radius 1 is 0.769 bits per heavy atom. The van der Waals surface area contributed by atoms with Crippen molar-refractivity contribution in [2.45, 2.75) is 53.4 Å². The second-order valence-electron chi connectivity index (χ2n) is 4.82. The van der Waals surface area contributed by atoms with E-state index in [1.807, 2.05) is 0 Å². The SMILES string of the molecule is CC(C)CCCCPCCC(C)C. The minimum Gasteiger partial charge on any atom is -0.122 e. The van der Waals surface area contributed by atoms with E-state index < -0.39 is 0 Å². The minimum atomic E-state index is 0.902. The van der Waals surface area contributed by atoms with Gasteiger partial charge >= 0.3 is 0 Å². The van der Waals surface area contributed by atoms with Gasteiger partial charge in [0.15, 0.2) is 0 Å². The number of unbranched alkanes of at least 4 members (excludes halogenated alkanes) is 1. The summed E-state index contributed by atoms with van der Waals surface area (Å²) in [5.41, 5.74) is 0. The van der Waals surface area contributed by atoms with Gasteiger partial charge in [-0.1, -0.05) is 40.5 Å². The van der Waals surface area contributed by atoms with Crippen LogP contribution in [0.2, 0.25) is 0 Å². The Hall–Kier alpha value is 0.430. The number of hydrogen-bond donors (Lipinski definition) is 0. The van der Waals surface area contributed by atoms with E-state index >= 15 is 0 Å². The third-order valence-corrected chi connectivity index (χ3v) is 3.63. The first kappa shape index (κ1) is 13.4. The molecule has 0 aliphatic carbocycles. The average molecular weight is 202 g/mol. The molecule has 0 rings (SSSR count). The van der Waals surface area contributed by atoms with Gasteiger partial charge in [-0.25, -0.2) is 0 Å². The van der Waals surface area contributed by atoms with Crippen LogP contribution >= 0.6 is 8.58 Å². The Bertz CT molecular complexity index is 85.3. The summed E-state index contributed by atoms with van der Waals surface area (Å²) in [4.78, 5) is 0. The van der Waals surface area contributed by atoms with E-state index in [1.165, 1.54) is 46.6 Å². The van der Waals surface area contributed by atoms with Crippen LogP contribution in [0.4, 0.5) is 0 Å². The molecule has 0 saturated heterocycles. The molecule has 13 heavy (non-hydrogen) atoms. The molecule has 0 radical (unpaired) electrons. The lowest BCUT2D eigenvalue weighted by Crippen LogP contribution is -1.91. The van der Waals surface area contributed by atoms with Crippen molar-refractivity contribution in [3.63, 3.8) is 0 Å². The van der Waals surface area contributed by atoms with Crippen molar-refractivity contribution in [1.29, 1.82) is 0 Å². The molecule has 0 fully saturated rings. The molecular weight excluding hydrogens is 175 g/mol. The van der Waals surface area contributed by atoms with Gasteiger partial charge in [0.25, 0.3) is 0 Å². The number of hydrogen-bond acceptors (Lipinski definition) is 0. The van der Waals surface area contributed by atoms with E-state index in [9.17, 15) is 0 Å². The zero-order valence-electron chi connectivity index (χ0n) is 9.90. The van der Waals surface area contributed by atoms with Crippen molar-refractivity contribution in [1.82, 2.24) is 0 Å². The molecule has 0 aliphatic rings. The first-order chi connectivity index (χ1) is 6.13. The lowest BCUT2D eigenvalue weighted by molar-refractivity contribution is 0.551. The summed E-state index contributed by atoms with van der Waals surface area (Å²) in [5, 5.41) is 0. The molecule has 1 unspecified atom stereocenters. The van der Waals surface area contributed by atoms with Crippen molar-refractivity contribution in [2.75, 3.05) is 12.3 Å². The fourth-order valence-corrected chi connectivity index (χ4v) is 2.85. The van der Waals surface area contributed by atoms with Gasteiger partial charge in [0, 0.05) is 0 Å². The van der Waals surface area contributed by atoms with Crippen LogP contribution in [0.5, 0.6) is 0 Å². The van der Waals surface area contributed by atoms with Gasteiger partial charge < -0.3 is 0 Å². The maximum absolute atomic E-state index is 2.32. The molecule has 0 aromatic rings. The normalized spacial score (nSPS) is 12.5. The summed E-state index contributed by atoms with van der Waals surface area (Å²) in [7, 11) is 1.23. The standard InChI is InChI=1S/C12H27P/c1-11(2)7-5-6-9-13-10-8-12(3)4/h11-13H,5-10H2,1-4H3. The lowest BCUT2D eigenvalue weighted by atomic mass is 10.1. The molecule has 0 N–H and O–H groups in total. The first-order valence-electron chi connectivity index (χ1n) is 5.83. The van der Waals surface area contributed by atoms with Gasteiger partial charge in [-0.05, 0) is 37.0 Å². The summed E-state index contributed by atoms with van der Waals surface area (Å²) in [5.74, 6) is 1.81. The molecule has 0 aromatic carbocycles. The predicted octanol–water partition coefficient (Wildman–Crippen LogP) is 4.54. The van der Waals surface area contributed by atoms with Crippen molar-refractivity contribution < 1.29 is 0 Å². The Kier molecular flexibility index (Phi) is 9.30. The molecular formula is C12H27P. The molecule has 1 atom stereocenters. The largest absolute Gasteiger partial charge is 0.122 e. The van der Waals surface area contributed by atoms with Crippen LogP contribution in [-0.2, 0) is 0 Å². The molecule has 0 bridgehead atoms. The molecule has 0 heterocycles. The Labute approximate surface area is 86.7 Å². The lowest BCUT2D eigenvalue weighted by Gasteiger charge is -2.05. The maximum Gasteiger partial charge on any atom is -0.0351 e. The van der Waals surface area contributed by atoms with E-state index in [4.69, 9.17) is 0 Å². The highest BCUT2D eigenvalue weighted by molar-refractivity contribution is 7.37. The monoisotopic (exact) mass is 202 g/mol. The second kappa shape index (κ2) is 9.00. The number of rotatable bonds is 8. The van der Waals surface area contributed by atoms with Gasteiger partial charge in [0.05, 0.1) is 0 Å². The van der Waals surface area contributed by atoms with Crippen LogP contribution in [0, 0.1) is 11.8 Å². The topological polar surface area (TPSA) is 0 Å². The second-order valence-corrected chi connectivity index (χ2v) is 6.32.